The summed E-state index contributed by atoms with van der Waals surface area (Å²) < 4.78 is 6.20. The summed E-state index contributed by atoms with van der Waals surface area (Å²) in [4.78, 5) is 2.42. The highest BCUT2D eigenvalue weighted by Gasteiger charge is 2.21. The average Bonchev–Trinajstić information content (AvgIpc) is 2.62. The van der Waals surface area contributed by atoms with Gasteiger partial charge in [-0.3, -0.25) is 4.90 Å². The fourth-order valence-electron chi connectivity index (χ4n) is 3.26. The number of rotatable bonds is 7. The lowest BCUT2D eigenvalue weighted by Crippen LogP contribution is -2.37. The van der Waals surface area contributed by atoms with Crippen LogP contribution in [0.5, 0.6) is 5.75 Å². The predicted molar refractivity (Wildman–Crippen MR) is 95.7 cm³/mol. The lowest BCUT2D eigenvalue weighted by Gasteiger charge is -2.31. The Morgan fingerprint density at radius 2 is 1.88 bits per heavy atom. The Hall–Kier alpha value is -2.31. The van der Waals surface area contributed by atoms with Crippen LogP contribution in [0.15, 0.2) is 54.6 Å². The van der Waals surface area contributed by atoms with Crippen LogP contribution in [0.3, 0.4) is 0 Å². The van der Waals surface area contributed by atoms with Crippen LogP contribution in [0.1, 0.15) is 30.4 Å². The van der Waals surface area contributed by atoms with E-state index in [0.717, 1.165) is 44.6 Å². The molecule has 2 aromatic rings. The summed E-state index contributed by atoms with van der Waals surface area (Å²) in [6, 6.07) is 21.1. The van der Waals surface area contributed by atoms with E-state index in [1.807, 2.05) is 12.1 Å². The number of unbranched alkanes of at least 4 members (excludes halogenated alkanes) is 1. The second-order valence-corrected chi connectivity index (χ2v) is 6.37. The zero-order chi connectivity index (χ0) is 16.6. The first-order valence-electron chi connectivity index (χ1n) is 8.73. The third kappa shape index (κ3) is 4.59. The van der Waals surface area contributed by atoms with Gasteiger partial charge in [0.25, 0.3) is 0 Å². The monoisotopic (exact) mass is 320 g/mol. The topological polar surface area (TPSA) is 36.3 Å². The van der Waals surface area contributed by atoms with Crippen molar-refractivity contribution in [1.29, 1.82) is 5.26 Å². The summed E-state index contributed by atoms with van der Waals surface area (Å²) >= 11 is 0. The van der Waals surface area contributed by atoms with E-state index in [1.165, 1.54) is 11.1 Å². The van der Waals surface area contributed by atoms with Gasteiger partial charge in [-0.2, -0.15) is 5.26 Å². The maximum atomic E-state index is 8.81. The van der Waals surface area contributed by atoms with Crippen molar-refractivity contribution < 1.29 is 4.74 Å². The van der Waals surface area contributed by atoms with Crippen LogP contribution in [0.25, 0.3) is 0 Å². The van der Waals surface area contributed by atoms with Crippen molar-refractivity contribution in [2.75, 3.05) is 13.1 Å². The summed E-state index contributed by atoms with van der Waals surface area (Å²) in [7, 11) is 0. The number of hydrogen-bond acceptors (Lipinski definition) is 3. The van der Waals surface area contributed by atoms with Crippen molar-refractivity contribution in [1.82, 2.24) is 4.90 Å². The molecule has 124 valence electrons. The van der Waals surface area contributed by atoms with E-state index in [-0.39, 0.29) is 6.10 Å². The van der Waals surface area contributed by atoms with E-state index in [2.05, 4.69) is 53.4 Å². The normalized spacial score (nSPS) is 16.2. The van der Waals surface area contributed by atoms with Gasteiger partial charge in [0.1, 0.15) is 11.9 Å². The molecule has 3 rings (SSSR count). The van der Waals surface area contributed by atoms with Gasteiger partial charge in [-0.15, -0.1) is 0 Å². The summed E-state index contributed by atoms with van der Waals surface area (Å²) in [6.07, 6.45) is 3.89. The average molecular weight is 320 g/mol. The Bertz CT molecular complexity index is 678. The van der Waals surface area contributed by atoms with Crippen molar-refractivity contribution in [3.05, 3.63) is 65.7 Å². The molecule has 3 heteroatoms. The standard InChI is InChI=1S/C21H24N2O/c22-14-6-7-15-23(16-18-8-2-1-3-9-18)17-20-13-12-19-10-4-5-11-21(19)24-20/h1-5,8-11,20H,6-7,12-13,15-17H2. The number of para-hydroxylation sites is 1. The number of nitrogens with zero attached hydrogens (tertiary/aromatic N) is 2. The molecule has 2 aromatic carbocycles. The molecule has 1 unspecified atom stereocenters. The van der Waals surface area contributed by atoms with Crippen molar-refractivity contribution in [3.8, 4) is 11.8 Å². The van der Waals surface area contributed by atoms with E-state index in [9.17, 15) is 0 Å². The van der Waals surface area contributed by atoms with E-state index < -0.39 is 0 Å². The Morgan fingerprint density at radius 1 is 1.08 bits per heavy atom. The Balaban J connectivity index is 1.62. The molecule has 0 amide bonds. The molecule has 0 fully saturated rings. The zero-order valence-electron chi connectivity index (χ0n) is 14.0. The number of nitriles is 1. The number of fused-ring (bicyclic) bond motifs is 1. The molecular formula is C21H24N2O. The Kier molecular flexibility index (Phi) is 5.87. The molecule has 0 bridgehead atoms. The van der Waals surface area contributed by atoms with Gasteiger partial charge >= 0.3 is 0 Å². The van der Waals surface area contributed by atoms with Crippen molar-refractivity contribution in [3.63, 3.8) is 0 Å². The maximum Gasteiger partial charge on any atom is 0.122 e. The first kappa shape index (κ1) is 16.5. The molecule has 1 atom stereocenters. The largest absolute Gasteiger partial charge is 0.489 e. The van der Waals surface area contributed by atoms with E-state index in [4.69, 9.17) is 10.00 Å². The number of aryl methyl sites for hydroxylation is 1. The zero-order valence-corrected chi connectivity index (χ0v) is 14.0. The van der Waals surface area contributed by atoms with Gasteiger partial charge in [-0.05, 0) is 43.0 Å². The summed E-state index contributed by atoms with van der Waals surface area (Å²) in [5.74, 6) is 1.03. The molecule has 0 saturated heterocycles. The van der Waals surface area contributed by atoms with Crippen LogP contribution in [-0.4, -0.2) is 24.1 Å². The highest BCUT2D eigenvalue weighted by molar-refractivity contribution is 5.35. The van der Waals surface area contributed by atoms with Crippen LogP contribution in [0.2, 0.25) is 0 Å². The fourth-order valence-corrected chi connectivity index (χ4v) is 3.26. The minimum Gasteiger partial charge on any atom is -0.489 e. The third-order valence-electron chi connectivity index (χ3n) is 4.48. The van der Waals surface area contributed by atoms with E-state index in [0.29, 0.717) is 6.42 Å². The minimum absolute atomic E-state index is 0.227. The van der Waals surface area contributed by atoms with Crippen LogP contribution in [0, 0.1) is 11.3 Å². The highest BCUT2D eigenvalue weighted by Crippen LogP contribution is 2.27. The third-order valence-corrected chi connectivity index (χ3v) is 4.48. The molecule has 0 aliphatic carbocycles. The molecule has 0 spiro atoms. The summed E-state index contributed by atoms with van der Waals surface area (Å²) in [5, 5.41) is 8.81. The molecular weight excluding hydrogens is 296 g/mol. The lowest BCUT2D eigenvalue weighted by molar-refractivity contribution is 0.110. The Labute approximate surface area is 144 Å². The predicted octanol–water partition coefficient (Wildman–Crippen LogP) is 4.19. The molecule has 0 radical (unpaired) electrons. The van der Waals surface area contributed by atoms with E-state index >= 15 is 0 Å². The molecule has 0 saturated carbocycles. The SMILES string of the molecule is N#CCCCN(Cc1ccccc1)CC1CCc2ccccc2O1. The minimum atomic E-state index is 0.227. The molecule has 24 heavy (non-hydrogen) atoms. The second kappa shape index (κ2) is 8.52. The molecule has 1 aliphatic rings. The maximum absolute atomic E-state index is 8.81. The first-order valence-corrected chi connectivity index (χ1v) is 8.73. The summed E-state index contributed by atoms with van der Waals surface area (Å²) in [5.41, 5.74) is 2.62. The molecule has 0 aromatic heterocycles. The molecule has 1 heterocycles. The number of ether oxygens (including phenoxy) is 1. The second-order valence-electron chi connectivity index (χ2n) is 6.37. The molecule has 0 N–H and O–H groups in total. The Morgan fingerprint density at radius 3 is 2.71 bits per heavy atom. The van der Waals surface area contributed by atoms with Crippen molar-refractivity contribution >= 4 is 0 Å². The van der Waals surface area contributed by atoms with Crippen LogP contribution < -0.4 is 4.74 Å². The van der Waals surface area contributed by atoms with Gasteiger partial charge in [0.05, 0.1) is 6.07 Å². The van der Waals surface area contributed by atoms with Gasteiger partial charge in [-0.1, -0.05) is 48.5 Å². The molecule has 1 aliphatic heterocycles. The fraction of sp³-hybridized carbons (Fsp3) is 0.381. The van der Waals surface area contributed by atoms with Gasteiger partial charge in [0, 0.05) is 19.5 Å². The molecule has 3 nitrogen and oxygen atoms in total. The lowest BCUT2D eigenvalue weighted by atomic mass is 10.0. The van der Waals surface area contributed by atoms with Crippen LogP contribution in [0.4, 0.5) is 0 Å². The smallest absolute Gasteiger partial charge is 0.122 e. The summed E-state index contributed by atoms with van der Waals surface area (Å²) in [6.45, 7) is 2.76. The van der Waals surface area contributed by atoms with Crippen LogP contribution in [-0.2, 0) is 13.0 Å². The van der Waals surface area contributed by atoms with Crippen LogP contribution >= 0.6 is 0 Å². The van der Waals surface area contributed by atoms with Crippen molar-refractivity contribution in [2.45, 2.75) is 38.3 Å². The van der Waals surface area contributed by atoms with Crippen molar-refractivity contribution in [2.24, 2.45) is 0 Å². The number of hydrogen-bond donors (Lipinski definition) is 0. The van der Waals surface area contributed by atoms with Gasteiger partial charge in [-0.25, -0.2) is 0 Å². The first-order chi connectivity index (χ1) is 11.8. The van der Waals surface area contributed by atoms with Gasteiger partial charge < -0.3 is 4.74 Å². The van der Waals surface area contributed by atoms with Gasteiger partial charge in [0.15, 0.2) is 0 Å². The highest BCUT2D eigenvalue weighted by atomic mass is 16.5. The van der Waals surface area contributed by atoms with E-state index in [1.54, 1.807) is 0 Å². The quantitative estimate of drug-likeness (QED) is 0.718. The number of benzene rings is 2. The van der Waals surface area contributed by atoms with Gasteiger partial charge in [0.2, 0.25) is 0 Å².